The molecule has 0 spiro atoms. The summed E-state index contributed by atoms with van der Waals surface area (Å²) in [6, 6.07) is 14.4. The van der Waals surface area contributed by atoms with Crippen molar-refractivity contribution in [2.45, 2.75) is 71.8 Å². The van der Waals surface area contributed by atoms with Crippen LogP contribution in [0.2, 0.25) is 0 Å². The Morgan fingerprint density at radius 2 is 1.68 bits per heavy atom. The molecule has 0 radical (unpaired) electrons. The van der Waals surface area contributed by atoms with Crippen LogP contribution in [0, 0.1) is 0 Å². The Kier molecular flexibility index (Phi) is 7.18. The van der Waals surface area contributed by atoms with Gasteiger partial charge in [-0.3, -0.25) is 0 Å². The zero-order valence-corrected chi connectivity index (χ0v) is 18.8. The zero-order valence-electron chi connectivity index (χ0n) is 18.8. The van der Waals surface area contributed by atoms with Gasteiger partial charge in [0, 0.05) is 24.5 Å². The molecule has 0 saturated carbocycles. The molecule has 4 aromatic rings. The van der Waals surface area contributed by atoms with Crippen molar-refractivity contribution >= 4 is 28.3 Å². The standard InChI is InChI=1S/C27H33N2O2/c1-3-5-7-13-21-14-11-17-24-27(21)29(20-10-6-4-2)26(31-24)19-12-18-25-28-22-15-8-9-16-23(22)30-25/h8-9,11-12,14-17,19H,3-7,10,13,18,20H2,1-2H3/q+1. The molecule has 2 heterocycles. The largest absolute Gasteiger partial charge is 0.440 e. The van der Waals surface area contributed by atoms with Crippen LogP contribution in [0.5, 0.6) is 0 Å². The van der Waals surface area contributed by atoms with Gasteiger partial charge in [0.05, 0.1) is 0 Å². The SMILES string of the molecule is CCCCCc1cccc2oc(C=CCc3nc4ccccc4o3)[n+](CCCCC)c12. The van der Waals surface area contributed by atoms with E-state index < -0.39 is 0 Å². The lowest BCUT2D eigenvalue weighted by Gasteiger charge is -2.01. The number of rotatable bonds is 11. The Morgan fingerprint density at radius 3 is 2.52 bits per heavy atom. The molecule has 0 saturated heterocycles. The minimum atomic E-state index is 0.643. The van der Waals surface area contributed by atoms with E-state index in [0.717, 1.165) is 47.9 Å². The van der Waals surface area contributed by atoms with Gasteiger partial charge in [0.15, 0.2) is 18.0 Å². The first-order chi connectivity index (χ1) is 15.3. The van der Waals surface area contributed by atoms with Crippen molar-refractivity contribution in [1.82, 2.24) is 4.98 Å². The van der Waals surface area contributed by atoms with E-state index >= 15 is 0 Å². The summed E-state index contributed by atoms with van der Waals surface area (Å²) in [5, 5.41) is 0. The topological polar surface area (TPSA) is 43.1 Å². The van der Waals surface area contributed by atoms with Gasteiger partial charge in [0.1, 0.15) is 5.52 Å². The van der Waals surface area contributed by atoms with E-state index in [9.17, 15) is 0 Å². The van der Waals surface area contributed by atoms with Crippen LogP contribution in [-0.2, 0) is 19.4 Å². The second-order valence-corrected chi connectivity index (χ2v) is 8.20. The van der Waals surface area contributed by atoms with E-state index in [-0.39, 0.29) is 0 Å². The summed E-state index contributed by atoms with van der Waals surface area (Å²) in [7, 11) is 0. The molecule has 0 N–H and O–H groups in total. The summed E-state index contributed by atoms with van der Waals surface area (Å²) in [6.07, 6.45) is 13.2. The maximum absolute atomic E-state index is 6.30. The second kappa shape index (κ2) is 10.4. The van der Waals surface area contributed by atoms with E-state index in [1.807, 2.05) is 24.3 Å². The molecule has 0 unspecified atom stereocenters. The highest BCUT2D eigenvalue weighted by atomic mass is 16.4. The van der Waals surface area contributed by atoms with Gasteiger partial charge in [-0.25, -0.2) is 4.98 Å². The monoisotopic (exact) mass is 417 g/mol. The van der Waals surface area contributed by atoms with E-state index in [1.54, 1.807) is 0 Å². The Morgan fingerprint density at radius 1 is 0.871 bits per heavy atom. The smallest absolute Gasteiger partial charge is 0.373 e. The molecule has 4 rings (SSSR count). The van der Waals surface area contributed by atoms with Crippen molar-refractivity contribution in [2.75, 3.05) is 0 Å². The molecular weight excluding hydrogens is 384 g/mol. The van der Waals surface area contributed by atoms with Crippen LogP contribution in [0.4, 0.5) is 0 Å². The van der Waals surface area contributed by atoms with Gasteiger partial charge in [-0.05, 0) is 37.5 Å². The number of aromatic nitrogens is 2. The van der Waals surface area contributed by atoms with Crippen LogP contribution >= 0.6 is 0 Å². The molecule has 31 heavy (non-hydrogen) atoms. The van der Waals surface area contributed by atoms with Gasteiger partial charge in [0.2, 0.25) is 5.58 Å². The number of oxazole rings is 2. The van der Waals surface area contributed by atoms with E-state index in [0.29, 0.717) is 6.42 Å². The lowest BCUT2D eigenvalue weighted by atomic mass is 10.1. The number of allylic oxidation sites excluding steroid dienone is 1. The predicted octanol–water partition coefficient (Wildman–Crippen LogP) is 7.04. The summed E-state index contributed by atoms with van der Waals surface area (Å²) >= 11 is 0. The fourth-order valence-corrected chi connectivity index (χ4v) is 4.14. The highest BCUT2D eigenvalue weighted by Crippen LogP contribution is 2.22. The highest BCUT2D eigenvalue weighted by Gasteiger charge is 2.23. The van der Waals surface area contributed by atoms with E-state index in [2.05, 4.69) is 53.7 Å². The van der Waals surface area contributed by atoms with Gasteiger partial charge in [-0.15, -0.1) is 0 Å². The summed E-state index contributed by atoms with van der Waals surface area (Å²) < 4.78 is 14.5. The van der Waals surface area contributed by atoms with Crippen molar-refractivity contribution in [1.29, 1.82) is 0 Å². The number of fused-ring (bicyclic) bond motifs is 2. The lowest BCUT2D eigenvalue weighted by Crippen LogP contribution is -2.36. The molecule has 0 atom stereocenters. The van der Waals surface area contributed by atoms with Crippen molar-refractivity contribution in [3.63, 3.8) is 0 Å². The van der Waals surface area contributed by atoms with E-state index in [1.165, 1.54) is 43.2 Å². The molecule has 0 aliphatic carbocycles. The second-order valence-electron chi connectivity index (χ2n) is 8.20. The third-order valence-electron chi connectivity index (χ3n) is 5.76. The molecule has 0 aliphatic rings. The van der Waals surface area contributed by atoms with Gasteiger partial charge < -0.3 is 8.83 Å². The quantitative estimate of drug-likeness (QED) is 0.194. The molecule has 0 bridgehead atoms. The van der Waals surface area contributed by atoms with Gasteiger partial charge in [-0.2, -0.15) is 4.57 Å². The van der Waals surface area contributed by atoms with E-state index in [4.69, 9.17) is 8.83 Å². The molecule has 0 fully saturated rings. The number of nitrogens with zero attached hydrogens (tertiary/aromatic N) is 2. The van der Waals surface area contributed by atoms with Gasteiger partial charge in [0.25, 0.3) is 5.52 Å². The molecule has 4 nitrogen and oxygen atoms in total. The van der Waals surface area contributed by atoms with Crippen LogP contribution in [-0.4, -0.2) is 4.98 Å². The molecule has 162 valence electrons. The van der Waals surface area contributed by atoms with Crippen LogP contribution in [0.15, 0.2) is 57.4 Å². The predicted molar refractivity (Wildman–Crippen MR) is 126 cm³/mol. The number of unbranched alkanes of at least 4 members (excludes halogenated alkanes) is 4. The van der Waals surface area contributed by atoms with Crippen molar-refractivity contribution < 1.29 is 13.4 Å². The van der Waals surface area contributed by atoms with Crippen molar-refractivity contribution in [2.24, 2.45) is 0 Å². The maximum atomic E-state index is 6.30. The molecular formula is C27H33N2O2+. The average molecular weight is 418 g/mol. The first-order valence-corrected chi connectivity index (χ1v) is 11.8. The number of hydrogen-bond acceptors (Lipinski definition) is 3. The summed E-state index contributed by atoms with van der Waals surface area (Å²) in [6.45, 7) is 5.48. The minimum Gasteiger partial charge on any atom is -0.440 e. The Bertz CT molecular complexity index is 1120. The van der Waals surface area contributed by atoms with Gasteiger partial charge in [-0.1, -0.05) is 63.5 Å². The normalized spacial score (nSPS) is 11.9. The number of benzene rings is 2. The van der Waals surface area contributed by atoms with Gasteiger partial charge >= 0.3 is 5.89 Å². The molecule has 4 heteroatoms. The van der Waals surface area contributed by atoms with Crippen molar-refractivity contribution in [3.8, 4) is 0 Å². The fourth-order valence-electron chi connectivity index (χ4n) is 4.14. The Balaban J connectivity index is 1.60. The first-order valence-electron chi connectivity index (χ1n) is 11.8. The van der Waals surface area contributed by atoms with Crippen LogP contribution in [0.1, 0.15) is 69.7 Å². The maximum Gasteiger partial charge on any atom is 0.373 e. The third kappa shape index (κ3) is 5.07. The summed E-state index contributed by atoms with van der Waals surface area (Å²) in [5.41, 5.74) is 5.37. The molecule has 0 aliphatic heterocycles. The average Bonchev–Trinajstić information content (AvgIpc) is 3.35. The first kappa shape index (κ1) is 21.4. The van der Waals surface area contributed by atoms with Crippen LogP contribution in [0.3, 0.4) is 0 Å². The highest BCUT2D eigenvalue weighted by molar-refractivity contribution is 5.74. The number of aryl methyl sites for hydroxylation is 2. The Labute approximate surface area is 184 Å². The Hall–Kier alpha value is -2.88. The minimum absolute atomic E-state index is 0.643. The molecule has 2 aromatic carbocycles. The summed E-state index contributed by atoms with van der Waals surface area (Å²) in [4.78, 5) is 4.57. The van der Waals surface area contributed by atoms with Crippen molar-refractivity contribution in [3.05, 3.63) is 65.9 Å². The molecule has 0 amide bonds. The third-order valence-corrected chi connectivity index (χ3v) is 5.76. The van der Waals surface area contributed by atoms with Crippen LogP contribution in [0.25, 0.3) is 28.3 Å². The fraction of sp³-hybridized carbons (Fsp3) is 0.407. The number of hydrogen-bond donors (Lipinski definition) is 0. The lowest BCUT2D eigenvalue weighted by molar-refractivity contribution is -0.678. The summed E-state index contributed by atoms with van der Waals surface area (Å²) in [5.74, 6) is 1.64. The van der Waals surface area contributed by atoms with Crippen LogP contribution < -0.4 is 4.57 Å². The zero-order chi connectivity index (χ0) is 21.5. The number of para-hydroxylation sites is 3. The molecule has 2 aromatic heterocycles.